The lowest BCUT2D eigenvalue weighted by Gasteiger charge is -2.27. The second-order valence-electron chi connectivity index (χ2n) is 7.48. The summed E-state index contributed by atoms with van der Waals surface area (Å²) in [6.45, 7) is 3.78. The first-order valence-electron chi connectivity index (χ1n) is 10.0. The van der Waals surface area contributed by atoms with E-state index in [0.717, 1.165) is 28.6 Å². The van der Waals surface area contributed by atoms with E-state index in [1.807, 2.05) is 31.2 Å². The maximum Gasteiger partial charge on any atom is 0.253 e. The molecule has 0 fully saturated rings. The number of H-pyrrole nitrogens is 1. The molecule has 2 aromatic carbocycles. The monoisotopic (exact) mass is 438 g/mol. The van der Waals surface area contributed by atoms with Gasteiger partial charge in [0.1, 0.15) is 5.75 Å². The number of aromatic nitrogens is 2. The number of halogens is 1. The third kappa shape index (κ3) is 4.01. The van der Waals surface area contributed by atoms with Crippen molar-refractivity contribution < 1.29 is 14.3 Å². The summed E-state index contributed by atoms with van der Waals surface area (Å²) in [6, 6.07) is 10.9. The number of allylic oxidation sites excluding steroid dienone is 1. The van der Waals surface area contributed by atoms with Crippen molar-refractivity contribution in [3.05, 3.63) is 63.9 Å². The van der Waals surface area contributed by atoms with Crippen LogP contribution in [0.25, 0.3) is 10.9 Å². The van der Waals surface area contributed by atoms with Gasteiger partial charge in [-0.1, -0.05) is 24.6 Å². The van der Waals surface area contributed by atoms with Crippen molar-refractivity contribution in [3.63, 3.8) is 0 Å². The Hall–Kier alpha value is -3.32. The van der Waals surface area contributed by atoms with Gasteiger partial charge in [-0.25, -0.2) is 0 Å². The summed E-state index contributed by atoms with van der Waals surface area (Å²) in [4.78, 5) is 25.6. The van der Waals surface area contributed by atoms with Crippen molar-refractivity contribution in [2.75, 3.05) is 12.4 Å². The molecule has 0 bridgehead atoms. The minimum Gasteiger partial charge on any atom is -0.495 e. The standard InChI is InChI=1S/C23H23ClN4O3/c1-4-18-16-10-14(6-8-19(16)28-27-18)26-23(30)22-12(2)25-21(29)11-15(22)13-5-7-17(24)20(9-13)31-3/h5-10,15H,4,11H2,1-3H3,(H,25,29)(H,26,30)(H,27,28). The molecule has 1 aliphatic rings. The lowest BCUT2D eigenvalue weighted by molar-refractivity contribution is -0.121. The van der Waals surface area contributed by atoms with Crippen LogP contribution in [0.15, 0.2) is 47.7 Å². The predicted molar refractivity (Wildman–Crippen MR) is 120 cm³/mol. The first-order chi connectivity index (χ1) is 14.9. The van der Waals surface area contributed by atoms with Crippen LogP contribution >= 0.6 is 11.6 Å². The zero-order valence-corrected chi connectivity index (χ0v) is 18.3. The fourth-order valence-corrected chi connectivity index (χ4v) is 4.19. The molecule has 1 aliphatic heterocycles. The number of rotatable bonds is 5. The molecule has 1 atom stereocenters. The molecular weight excluding hydrogens is 416 g/mol. The van der Waals surface area contributed by atoms with Gasteiger partial charge in [0.15, 0.2) is 0 Å². The summed E-state index contributed by atoms with van der Waals surface area (Å²) in [6.07, 6.45) is 0.969. The Labute approximate surface area is 184 Å². The van der Waals surface area contributed by atoms with Crippen LogP contribution in [0.4, 0.5) is 5.69 Å². The summed E-state index contributed by atoms with van der Waals surface area (Å²) >= 11 is 6.16. The number of hydrogen-bond acceptors (Lipinski definition) is 4. The van der Waals surface area contributed by atoms with E-state index in [1.165, 1.54) is 7.11 Å². The molecule has 0 aliphatic carbocycles. The lowest BCUT2D eigenvalue weighted by Crippen LogP contribution is -2.35. The number of hydrogen-bond donors (Lipinski definition) is 3. The molecule has 31 heavy (non-hydrogen) atoms. The number of ether oxygens (including phenoxy) is 1. The highest BCUT2D eigenvalue weighted by Crippen LogP contribution is 2.37. The maximum absolute atomic E-state index is 13.3. The largest absolute Gasteiger partial charge is 0.495 e. The predicted octanol–water partition coefficient (Wildman–Crippen LogP) is 4.30. The SMILES string of the molecule is CCc1[nH]nc2ccc(NC(=O)C3=C(C)NC(=O)CC3c3ccc(Cl)c(OC)c3)cc12. The van der Waals surface area contributed by atoms with E-state index < -0.39 is 5.92 Å². The zero-order valence-electron chi connectivity index (χ0n) is 17.5. The van der Waals surface area contributed by atoms with E-state index >= 15 is 0 Å². The molecule has 160 valence electrons. The zero-order chi connectivity index (χ0) is 22.1. The number of aryl methyl sites for hydroxylation is 1. The van der Waals surface area contributed by atoms with Crippen LogP contribution in [0.5, 0.6) is 5.75 Å². The van der Waals surface area contributed by atoms with Crippen LogP contribution in [-0.4, -0.2) is 29.1 Å². The molecule has 2 amide bonds. The number of nitrogens with one attached hydrogen (secondary N) is 3. The van der Waals surface area contributed by atoms with Gasteiger partial charge in [0.05, 0.1) is 17.6 Å². The number of carbonyl (C=O) groups excluding carboxylic acids is 2. The highest BCUT2D eigenvalue weighted by molar-refractivity contribution is 6.32. The van der Waals surface area contributed by atoms with E-state index in [2.05, 4.69) is 20.8 Å². The lowest BCUT2D eigenvalue weighted by atomic mass is 9.84. The number of anilines is 1. The van der Waals surface area contributed by atoms with E-state index in [9.17, 15) is 9.59 Å². The van der Waals surface area contributed by atoms with Crippen molar-refractivity contribution in [1.29, 1.82) is 0 Å². The van der Waals surface area contributed by atoms with Crippen LogP contribution in [-0.2, 0) is 16.0 Å². The van der Waals surface area contributed by atoms with Gasteiger partial charge in [-0.05, 0) is 49.2 Å². The Kier molecular flexibility index (Phi) is 5.69. The Morgan fingerprint density at radius 2 is 2.10 bits per heavy atom. The molecule has 2 heterocycles. The second-order valence-corrected chi connectivity index (χ2v) is 7.89. The topological polar surface area (TPSA) is 96.1 Å². The molecule has 4 rings (SSSR count). The molecule has 1 aromatic heterocycles. The number of amides is 2. The van der Waals surface area contributed by atoms with Crippen LogP contribution in [0.2, 0.25) is 5.02 Å². The first-order valence-corrected chi connectivity index (χ1v) is 10.4. The van der Waals surface area contributed by atoms with Crippen LogP contribution < -0.4 is 15.4 Å². The maximum atomic E-state index is 13.3. The summed E-state index contributed by atoms with van der Waals surface area (Å²) < 4.78 is 5.32. The number of nitrogens with zero attached hydrogens (tertiary/aromatic N) is 1. The third-order valence-electron chi connectivity index (χ3n) is 5.54. The van der Waals surface area contributed by atoms with Crippen molar-refractivity contribution in [3.8, 4) is 5.75 Å². The molecule has 1 unspecified atom stereocenters. The molecule has 0 spiro atoms. The van der Waals surface area contributed by atoms with Gasteiger partial charge in [-0.15, -0.1) is 0 Å². The van der Waals surface area contributed by atoms with Gasteiger partial charge in [-0.3, -0.25) is 14.7 Å². The van der Waals surface area contributed by atoms with Crippen LogP contribution in [0.1, 0.15) is 37.4 Å². The van der Waals surface area contributed by atoms with E-state index in [1.54, 1.807) is 19.1 Å². The average molecular weight is 439 g/mol. The normalized spacial score (nSPS) is 16.4. The number of carbonyl (C=O) groups is 2. The molecular formula is C23H23ClN4O3. The summed E-state index contributed by atoms with van der Waals surface area (Å²) in [5.41, 5.74) is 4.36. The van der Waals surface area contributed by atoms with Gasteiger partial charge in [0, 0.05) is 40.4 Å². The van der Waals surface area contributed by atoms with Gasteiger partial charge < -0.3 is 15.4 Å². The van der Waals surface area contributed by atoms with Crippen LogP contribution in [0, 0.1) is 0 Å². The number of benzene rings is 2. The van der Waals surface area contributed by atoms with Crippen molar-refractivity contribution in [2.45, 2.75) is 32.6 Å². The molecule has 3 N–H and O–H groups in total. The molecule has 0 radical (unpaired) electrons. The Morgan fingerprint density at radius 3 is 2.84 bits per heavy atom. The van der Waals surface area contributed by atoms with E-state index in [0.29, 0.717) is 27.7 Å². The number of methoxy groups -OCH3 is 1. The van der Waals surface area contributed by atoms with Crippen molar-refractivity contribution >= 4 is 40.0 Å². The van der Waals surface area contributed by atoms with Crippen LogP contribution in [0.3, 0.4) is 0 Å². The quantitative estimate of drug-likeness (QED) is 0.553. The Bertz CT molecular complexity index is 1210. The molecule has 0 saturated heterocycles. The minimum atomic E-state index is -0.413. The Morgan fingerprint density at radius 1 is 1.29 bits per heavy atom. The fraction of sp³-hybridized carbons (Fsp3) is 0.261. The molecule has 7 nitrogen and oxygen atoms in total. The highest BCUT2D eigenvalue weighted by atomic mass is 35.5. The molecule has 0 saturated carbocycles. The number of aromatic amines is 1. The second kappa shape index (κ2) is 8.43. The van der Waals surface area contributed by atoms with E-state index in [-0.39, 0.29) is 18.2 Å². The van der Waals surface area contributed by atoms with Gasteiger partial charge in [-0.2, -0.15) is 5.10 Å². The molecule has 8 heteroatoms. The average Bonchev–Trinajstić information content (AvgIpc) is 3.15. The minimum absolute atomic E-state index is 0.139. The van der Waals surface area contributed by atoms with Gasteiger partial charge in [0.2, 0.25) is 5.91 Å². The Balaban J connectivity index is 1.69. The van der Waals surface area contributed by atoms with Gasteiger partial charge >= 0.3 is 0 Å². The van der Waals surface area contributed by atoms with Crippen molar-refractivity contribution in [2.24, 2.45) is 0 Å². The van der Waals surface area contributed by atoms with Gasteiger partial charge in [0.25, 0.3) is 5.91 Å². The first kappa shape index (κ1) is 20.9. The third-order valence-corrected chi connectivity index (χ3v) is 5.85. The summed E-state index contributed by atoms with van der Waals surface area (Å²) in [5.74, 6) is -0.318. The fourth-order valence-electron chi connectivity index (χ4n) is 3.99. The number of fused-ring (bicyclic) bond motifs is 1. The van der Waals surface area contributed by atoms with Crippen molar-refractivity contribution in [1.82, 2.24) is 15.5 Å². The van der Waals surface area contributed by atoms with E-state index in [4.69, 9.17) is 16.3 Å². The summed E-state index contributed by atoms with van der Waals surface area (Å²) in [7, 11) is 1.53. The summed E-state index contributed by atoms with van der Waals surface area (Å²) in [5, 5.41) is 14.5. The smallest absolute Gasteiger partial charge is 0.253 e. The molecule has 3 aromatic rings. The highest BCUT2D eigenvalue weighted by Gasteiger charge is 2.32.